The van der Waals surface area contributed by atoms with Crippen LogP contribution in [0.5, 0.6) is 5.75 Å². The molecule has 16 heavy (non-hydrogen) atoms. The van der Waals surface area contributed by atoms with Crippen molar-refractivity contribution in [1.82, 2.24) is 4.90 Å². The fraction of sp³-hybridized carbons (Fsp3) is 0.308. The largest absolute Gasteiger partial charge is 0.508 e. The lowest BCUT2D eigenvalue weighted by atomic mass is 10.2. The van der Waals surface area contributed by atoms with Crippen molar-refractivity contribution in [2.75, 3.05) is 6.54 Å². The summed E-state index contributed by atoms with van der Waals surface area (Å²) in [6.45, 7) is 4.23. The van der Waals surface area contributed by atoms with E-state index in [4.69, 9.17) is 0 Å². The Balaban J connectivity index is 2.18. The van der Waals surface area contributed by atoms with Gasteiger partial charge in [-0.2, -0.15) is 0 Å². The molecule has 1 N–H and O–H groups in total. The van der Waals surface area contributed by atoms with Gasteiger partial charge in [-0.25, -0.2) is 0 Å². The van der Waals surface area contributed by atoms with Gasteiger partial charge in [0.1, 0.15) is 5.75 Å². The van der Waals surface area contributed by atoms with Crippen LogP contribution in [0, 0.1) is 0 Å². The Bertz CT molecular complexity index is 410. The van der Waals surface area contributed by atoms with Crippen molar-refractivity contribution in [3.63, 3.8) is 0 Å². The Morgan fingerprint density at radius 2 is 2.31 bits per heavy atom. The van der Waals surface area contributed by atoms with Crippen molar-refractivity contribution >= 4 is 5.91 Å². The van der Waals surface area contributed by atoms with Gasteiger partial charge in [-0.05, 0) is 31.0 Å². The molecule has 0 aliphatic heterocycles. The second-order valence-electron chi connectivity index (χ2n) is 4.03. The molecule has 1 fully saturated rings. The molecule has 3 heteroatoms. The number of hydrogen-bond donors (Lipinski definition) is 1. The van der Waals surface area contributed by atoms with Gasteiger partial charge >= 0.3 is 0 Å². The summed E-state index contributed by atoms with van der Waals surface area (Å²) in [6, 6.07) is 6.82. The number of aromatic hydroxyl groups is 1. The number of nitrogens with zero attached hydrogens (tertiary/aromatic N) is 1. The van der Waals surface area contributed by atoms with Crippen LogP contribution in [0.15, 0.2) is 36.9 Å². The van der Waals surface area contributed by atoms with Crippen LogP contribution in [0.25, 0.3) is 0 Å². The zero-order valence-corrected chi connectivity index (χ0v) is 9.10. The van der Waals surface area contributed by atoms with Gasteiger partial charge in [-0.1, -0.05) is 12.1 Å². The van der Waals surface area contributed by atoms with E-state index in [1.807, 2.05) is 4.90 Å². The molecule has 1 aromatic rings. The molecule has 1 aliphatic carbocycles. The summed E-state index contributed by atoms with van der Waals surface area (Å²) in [6.07, 6.45) is 3.87. The highest BCUT2D eigenvalue weighted by atomic mass is 16.3. The molecule has 84 valence electrons. The molecule has 1 aliphatic rings. The van der Waals surface area contributed by atoms with E-state index in [1.54, 1.807) is 24.3 Å². The molecular formula is C13H15NO2. The molecule has 0 bridgehead atoms. The highest BCUT2D eigenvalue weighted by Crippen LogP contribution is 2.28. The molecule has 0 atom stereocenters. The molecule has 1 amide bonds. The number of hydrogen-bond acceptors (Lipinski definition) is 2. The van der Waals surface area contributed by atoms with Gasteiger partial charge in [0.15, 0.2) is 0 Å². The standard InChI is InChI=1S/C13H15NO2/c1-2-8-14(11-6-7-11)13(16)10-4-3-5-12(15)9-10/h2-5,9,11,15H,1,6-8H2. The minimum Gasteiger partial charge on any atom is -0.508 e. The first-order valence-electron chi connectivity index (χ1n) is 5.43. The first-order chi connectivity index (χ1) is 7.72. The van der Waals surface area contributed by atoms with Gasteiger partial charge in [0.25, 0.3) is 5.91 Å². The molecule has 0 radical (unpaired) electrons. The molecule has 0 unspecified atom stereocenters. The molecule has 0 saturated heterocycles. The summed E-state index contributed by atoms with van der Waals surface area (Å²) < 4.78 is 0. The van der Waals surface area contributed by atoms with Gasteiger partial charge in [0, 0.05) is 18.2 Å². The Kier molecular flexibility index (Phi) is 2.95. The molecule has 1 saturated carbocycles. The maximum absolute atomic E-state index is 12.1. The number of phenolic OH excluding ortho intramolecular Hbond substituents is 1. The van der Waals surface area contributed by atoms with Crippen LogP contribution in [-0.2, 0) is 0 Å². The van der Waals surface area contributed by atoms with E-state index in [0.29, 0.717) is 18.2 Å². The summed E-state index contributed by atoms with van der Waals surface area (Å²) in [5.41, 5.74) is 0.536. The number of carbonyl (C=O) groups excluding carboxylic acids is 1. The van der Waals surface area contributed by atoms with Crippen molar-refractivity contribution < 1.29 is 9.90 Å². The SMILES string of the molecule is C=CCN(C(=O)c1cccc(O)c1)C1CC1. The van der Waals surface area contributed by atoms with E-state index in [-0.39, 0.29) is 11.7 Å². The first-order valence-corrected chi connectivity index (χ1v) is 5.43. The normalized spacial score (nSPS) is 14.5. The van der Waals surface area contributed by atoms with Crippen molar-refractivity contribution in [2.45, 2.75) is 18.9 Å². The summed E-state index contributed by atoms with van der Waals surface area (Å²) in [7, 11) is 0. The monoisotopic (exact) mass is 217 g/mol. The van der Waals surface area contributed by atoms with Gasteiger partial charge in [-0.3, -0.25) is 4.79 Å². The van der Waals surface area contributed by atoms with Crippen molar-refractivity contribution in [2.24, 2.45) is 0 Å². The van der Waals surface area contributed by atoms with E-state index in [2.05, 4.69) is 6.58 Å². The lowest BCUT2D eigenvalue weighted by Gasteiger charge is -2.20. The van der Waals surface area contributed by atoms with Gasteiger partial charge < -0.3 is 10.0 Å². The Labute approximate surface area is 95.0 Å². The summed E-state index contributed by atoms with van der Waals surface area (Å²) in [5, 5.41) is 9.34. The average molecular weight is 217 g/mol. The number of amides is 1. The second-order valence-corrected chi connectivity index (χ2v) is 4.03. The van der Waals surface area contributed by atoms with Crippen molar-refractivity contribution in [1.29, 1.82) is 0 Å². The van der Waals surface area contributed by atoms with Gasteiger partial charge in [-0.15, -0.1) is 6.58 Å². The number of carbonyl (C=O) groups is 1. The number of rotatable bonds is 4. The third-order valence-electron chi connectivity index (χ3n) is 2.67. The third kappa shape index (κ3) is 2.24. The lowest BCUT2D eigenvalue weighted by Crippen LogP contribution is -2.33. The third-order valence-corrected chi connectivity index (χ3v) is 2.67. The van der Waals surface area contributed by atoms with Crippen LogP contribution in [0.1, 0.15) is 23.2 Å². The van der Waals surface area contributed by atoms with Crippen LogP contribution in [0.2, 0.25) is 0 Å². The highest BCUT2D eigenvalue weighted by Gasteiger charge is 2.32. The first kappa shape index (κ1) is 10.7. The lowest BCUT2D eigenvalue weighted by molar-refractivity contribution is 0.0762. The Hall–Kier alpha value is -1.77. The summed E-state index contributed by atoms with van der Waals surface area (Å²) in [4.78, 5) is 13.9. The average Bonchev–Trinajstić information content (AvgIpc) is 3.09. The number of benzene rings is 1. The molecule has 0 aromatic heterocycles. The molecule has 0 heterocycles. The molecule has 1 aromatic carbocycles. The Morgan fingerprint density at radius 3 is 2.88 bits per heavy atom. The maximum atomic E-state index is 12.1. The van der Waals surface area contributed by atoms with Crippen LogP contribution in [0.3, 0.4) is 0 Å². The predicted molar refractivity (Wildman–Crippen MR) is 62.4 cm³/mol. The van der Waals surface area contributed by atoms with Crippen LogP contribution >= 0.6 is 0 Å². The van der Waals surface area contributed by atoms with E-state index in [0.717, 1.165) is 12.8 Å². The molecular weight excluding hydrogens is 202 g/mol. The smallest absolute Gasteiger partial charge is 0.254 e. The zero-order chi connectivity index (χ0) is 11.5. The minimum absolute atomic E-state index is 0.0294. The molecule has 0 spiro atoms. The molecule has 2 rings (SSSR count). The van der Waals surface area contributed by atoms with Crippen molar-refractivity contribution in [3.05, 3.63) is 42.5 Å². The summed E-state index contributed by atoms with van der Waals surface area (Å²) in [5.74, 6) is 0.0958. The van der Waals surface area contributed by atoms with Crippen molar-refractivity contribution in [3.8, 4) is 5.75 Å². The van der Waals surface area contributed by atoms with E-state index in [1.165, 1.54) is 6.07 Å². The predicted octanol–water partition coefficient (Wildman–Crippen LogP) is 2.18. The Morgan fingerprint density at radius 1 is 1.56 bits per heavy atom. The van der Waals surface area contributed by atoms with E-state index in [9.17, 15) is 9.90 Å². The fourth-order valence-corrected chi connectivity index (χ4v) is 1.73. The quantitative estimate of drug-likeness (QED) is 0.785. The minimum atomic E-state index is -0.0294. The van der Waals surface area contributed by atoms with Gasteiger partial charge in [0.2, 0.25) is 0 Å². The highest BCUT2D eigenvalue weighted by molar-refractivity contribution is 5.95. The molecule has 3 nitrogen and oxygen atoms in total. The van der Waals surface area contributed by atoms with Crippen LogP contribution in [0.4, 0.5) is 0 Å². The zero-order valence-electron chi connectivity index (χ0n) is 9.10. The van der Waals surface area contributed by atoms with E-state index >= 15 is 0 Å². The maximum Gasteiger partial charge on any atom is 0.254 e. The topological polar surface area (TPSA) is 40.5 Å². The van der Waals surface area contributed by atoms with Crippen LogP contribution in [-0.4, -0.2) is 28.5 Å². The second kappa shape index (κ2) is 4.39. The van der Waals surface area contributed by atoms with Gasteiger partial charge in [0.05, 0.1) is 0 Å². The summed E-state index contributed by atoms with van der Waals surface area (Å²) >= 11 is 0. The van der Waals surface area contributed by atoms with Crippen LogP contribution < -0.4 is 0 Å². The fourth-order valence-electron chi connectivity index (χ4n) is 1.73. The van der Waals surface area contributed by atoms with E-state index < -0.39 is 0 Å². The number of phenols is 1.